The molecule has 3 aromatic carbocycles. The monoisotopic (exact) mass is 671 g/mol. The summed E-state index contributed by atoms with van der Waals surface area (Å²) in [5.74, 6) is -2.63. The molecule has 47 heavy (non-hydrogen) atoms. The van der Waals surface area contributed by atoms with Crippen LogP contribution in [0.15, 0.2) is 60.7 Å². The van der Waals surface area contributed by atoms with Gasteiger partial charge in [-0.15, -0.1) is 11.3 Å². The molecule has 3 amide bonds. The second-order valence-electron chi connectivity index (χ2n) is 12.1. The molecule has 0 bridgehead atoms. The molecule has 1 atom stereocenters. The van der Waals surface area contributed by atoms with Gasteiger partial charge in [-0.3, -0.25) is 9.59 Å². The summed E-state index contributed by atoms with van der Waals surface area (Å²) >= 11 is 1.04. The van der Waals surface area contributed by atoms with E-state index in [0.29, 0.717) is 35.3 Å². The number of anilines is 2. The van der Waals surface area contributed by atoms with Crippen molar-refractivity contribution in [2.75, 3.05) is 30.8 Å². The van der Waals surface area contributed by atoms with E-state index in [-0.39, 0.29) is 33.5 Å². The van der Waals surface area contributed by atoms with Gasteiger partial charge < -0.3 is 25.0 Å². The number of methoxy groups -OCH3 is 1. The molecule has 1 aliphatic rings. The highest BCUT2D eigenvalue weighted by molar-refractivity contribution is 7.21. The Morgan fingerprint density at radius 1 is 0.957 bits per heavy atom. The van der Waals surface area contributed by atoms with Gasteiger partial charge in [0, 0.05) is 34.8 Å². The zero-order valence-electron chi connectivity index (χ0n) is 26.1. The molecule has 8 nitrogen and oxygen atoms in total. The molecule has 2 heterocycles. The van der Waals surface area contributed by atoms with E-state index in [1.807, 2.05) is 6.07 Å². The molecule has 2 N–H and O–H groups in total. The van der Waals surface area contributed by atoms with Gasteiger partial charge in [-0.1, -0.05) is 24.3 Å². The minimum absolute atomic E-state index is 0.0350. The summed E-state index contributed by atoms with van der Waals surface area (Å²) in [6, 6.07) is 14.3. The summed E-state index contributed by atoms with van der Waals surface area (Å²) in [6.45, 7) is 6.37. The Hall–Kier alpha value is -4.65. The van der Waals surface area contributed by atoms with E-state index in [0.717, 1.165) is 35.8 Å². The van der Waals surface area contributed by atoms with Crippen LogP contribution in [-0.4, -0.2) is 48.6 Å². The molecule has 1 aliphatic heterocycles. The van der Waals surface area contributed by atoms with Gasteiger partial charge in [0.2, 0.25) is 0 Å². The summed E-state index contributed by atoms with van der Waals surface area (Å²) < 4.78 is 65.4. The van der Waals surface area contributed by atoms with E-state index >= 15 is 0 Å². The zero-order chi connectivity index (χ0) is 34.1. The Kier molecular flexibility index (Phi) is 9.48. The molecule has 13 heteroatoms. The van der Waals surface area contributed by atoms with E-state index in [2.05, 4.69) is 10.6 Å². The van der Waals surface area contributed by atoms with Crippen molar-refractivity contribution >= 4 is 50.7 Å². The van der Waals surface area contributed by atoms with Crippen LogP contribution >= 0.6 is 11.3 Å². The number of hydrogen-bond acceptors (Lipinski definition) is 6. The summed E-state index contributed by atoms with van der Waals surface area (Å²) in [5.41, 5.74) is -1.25. The van der Waals surface area contributed by atoms with Crippen molar-refractivity contribution in [3.05, 3.63) is 88.0 Å². The number of thiophene rings is 1. The summed E-state index contributed by atoms with van der Waals surface area (Å²) in [7, 11) is 1.42. The van der Waals surface area contributed by atoms with E-state index < -0.39 is 41.1 Å². The molecule has 1 fully saturated rings. The number of benzene rings is 3. The van der Waals surface area contributed by atoms with Crippen molar-refractivity contribution < 1.29 is 41.4 Å². The smallest absolute Gasteiger partial charge is 0.419 e. The Morgan fingerprint density at radius 2 is 1.70 bits per heavy atom. The van der Waals surface area contributed by atoms with Crippen LogP contribution in [0.25, 0.3) is 10.1 Å². The average molecular weight is 672 g/mol. The van der Waals surface area contributed by atoms with Crippen molar-refractivity contribution in [2.24, 2.45) is 0 Å². The number of fused-ring (bicyclic) bond motifs is 1. The van der Waals surface area contributed by atoms with Crippen LogP contribution in [0.3, 0.4) is 0 Å². The molecule has 1 aromatic heterocycles. The lowest BCUT2D eigenvalue weighted by molar-refractivity contribution is -0.139. The lowest BCUT2D eigenvalue weighted by Gasteiger charge is -2.34. The molecular formula is C34H33F4N3O5S. The van der Waals surface area contributed by atoms with Crippen molar-refractivity contribution in [2.45, 2.75) is 51.3 Å². The first-order chi connectivity index (χ1) is 22.1. The number of alkyl halides is 3. The van der Waals surface area contributed by atoms with Gasteiger partial charge in [0.05, 0.1) is 23.9 Å². The predicted molar refractivity (Wildman–Crippen MR) is 172 cm³/mol. The Morgan fingerprint density at radius 3 is 2.40 bits per heavy atom. The minimum atomic E-state index is -4.96. The lowest BCUT2D eigenvalue weighted by atomic mass is 9.89. The highest BCUT2D eigenvalue weighted by atomic mass is 32.1. The van der Waals surface area contributed by atoms with Gasteiger partial charge in [-0.2, -0.15) is 13.2 Å². The van der Waals surface area contributed by atoms with Crippen molar-refractivity contribution in [3.63, 3.8) is 0 Å². The molecule has 0 saturated carbocycles. The lowest BCUT2D eigenvalue weighted by Crippen LogP contribution is -2.42. The number of hydrogen-bond donors (Lipinski definition) is 2. The van der Waals surface area contributed by atoms with Gasteiger partial charge >= 0.3 is 12.3 Å². The Labute approximate surface area is 272 Å². The second-order valence-corrected chi connectivity index (χ2v) is 13.2. The van der Waals surface area contributed by atoms with Crippen LogP contribution < -0.4 is 15.4 Å². The highest BCUT2D eigenvalue weighted by Gasteiger charge is 2.35. The van der Waals surface area contributed by atoms with Crippen molar-refractivity contribution in [3.8, 4) is 5.75 Å². The molecule has 0 spiro atoms. The topological polar surface area (TPSA) is 97.0 Å². The molecular weight excluding hydrogens is 638 g/mol. The maximum atomic E-state index is 13.9. The molecule has 0 aliphatic carbocycles. The number of nitrogens with one attached hydrogen (secondary N) is 2. The van der Waals surface area contributed by atoms with Gasteiger partial charge in [0.1, 0.15) is 22.0 Å². The third-order valence-corrected chi connectivity index (χ3v) is 8.75. The normalized spacial score (nSPS) is 15.3. The number of amides is 3. The number of nitrogens with zero attached hydrogens (tertiary/aromatic N) is 1. The third-order valence-electron chi connectivity index (χ3n) is 7.58. The summed E-state index contributed by atoms with van der Waals surface area (Å²) in [5, 5.41) is 5.77. The maximum Gasteiger partial charge on any atom is 0.419 e. The molecule has 248 valence electrons. The third kappa shape index (κ3) is 7.67. The minimum Gasteiger partial charge on any atom is -0.496 e. The van der Waals surface area contributed by atoms with Gasteiger partial charge in [0.25, 0.3) is 11.8 Å². The standard InChI is InChI=1S/C34H33F4N3O5S/c1-33(2,3)46-32(44)41-15-7-8-20(18-41)19-11-14-26(45-4)23(16-19)30(42)40-28-22-9-5-6-10-27(22)47-29(28)31(43)39-21-12-13-25(35)24(17-21)34(36,37)38/h5-6,9-14,16-17,20H,7-8,15,18H2,1-4H3,(H,39,43)(H,40,42). The molecule has 4 aromatic rings. The number of ether oxygens (including phenoxy) is 2. The predicted octanol–water partition coefficient (Wildman–Crippen LogP) is 8.69. The van der Waals surface area contributed by atoms with Crippen molar-refractivity contribution in [1.82, 2.24) is 4.90 Å². The summed E-state index contributed by atoms with van der Waals surface area (Å²) in [4.78, 5) is 41.7. The fraction of sp³-hybridized carbons (Fsp3) is 0.324. The molecule has 5 rings (SSSR count). The number of likely N-dealkylation sites (tertiary alicyclic amines) is 1. The number of carbonyl (C=O) groups is 3. The van der Waals surface area contributed by atoms with Crippen molar-refractivity contribution in [1.29, 1.82) is 0 Å². The first-order valence-corrected chi connectivity index (χ1v) is 15.6. The average Bonchev–Trinajstić information content (AvgIpc) is 3.38. The maximum absolute atomic E-state index is 13.9. The number of carbonyl (C=O) groups excluding carboxylic acids is 3. The van der Waals surface area contributed by atoms with E-state index in [9.17, 15) is 31.9 Å². The SMILES string of the molecule is COc1ccc(C2CCCN(C(=O)OC(C)(C)C)C2)cc1C(=O)Nc1c(C(=O)Nc2ccc(F)c(C(F)(F)F)c2)sc2ccccc12. The number of halogens is 4. The second kappa shape index (κ2) is 13.2. The first-order valence-electron chi connectivity index (χ1n) is 14.8. The van der Waals surface area contributed by atoms with E-state index in [4.69, 9.17) is 9.47 Å². The first kappa shape index (κ1) is 33.7. The largest absolute Gasteiger partial charge is 0.496 e. The van der Waals surface area contributed by atoms with Crippen LogP contribution in [0.4, 0.5) is 33.7 Å². The number of rotatable bonds is 6. The van der Waals surface area contributed by atoms with Crippen LogP contribution in [0, 0.1) is 5.82 Å². The van der Waals surface area contributed by atoms with E-state index in [1.165, 1.54) is 7.11 Å². The highest BCUT2D eigenvalue weighted by Crippen LogP contribution is 2.39. The Bertz CT molecular complexity index is 1830. The zero-order valence-corrected chi connectivity index (χ0v) is 26.9. The van der Waals surface area contributed by atoms with Crippen LogP contribution in [0.2, 0.25) is 0 Å². The molecule has 1 unspecified atom stereocenters. The van der Waals surface area contributed by atoms with Gasteiger partial charge in [0.15, 0.2) is 0 Å². The number of piperidine rings is 1. The Balaban J connectivity index is 1.43. The van der Waals surface area contributed by atoms with Crippen LogP contribution in [0.5, 0.6) is 5.75 Å². The van der Waals surface area contributed by atoms with Gasteiger partial charge in [-0.05, 0) is 75.6 Å². The van der Waals surface area contributed by atoms with E-state index in [1.54, 1.807) is 62.1 Å². The molecule has 1 saturated heterocycles. The summed E-state index contributed by atoms with van der Waals surface area (Å²) in [6.07, 6.45) is -3.83. The quantitative estimate of drug-likeness (QED) is 0.200. The van der Waals surface area contributed by atoms with Gasteiger partial charge in [-0.25, -0.2) is 9.18 Å². The fourth-order valence-electron chi connectivity index (χ4n) is 5.42. The fourth-order valence-corrected chi connectivity index (χ4v) is 6.47. The molecule has 0 radical (unpaired) electrons. The van der Waals surface area contributed by atoms with Crippen LogP contribution in [-0.2, 0) is 10.9 Å². The van der Waals surface area contributed by atoms with Crippen LogP contribution in [0.1, 0.15) is 70.7 Å².